The predicted molar refractivity (Wildman–Crippen MR) is 41.8 cm³/mol. The molecule has 5 heteroatoms. The van der Waals surface area contributed by atoms with E-state index >= 15 is 0 Å². The van der Waals surface area contributed by atoms with E-state index in [1.165, 1.54) is 0 Å². The zero-order valence-corrected chi connectivity index (χ0v) is 7.42. The van der Waals surface area contributed by atoms with Crippen molar-refractivity contribution in [3.05, 3.63) is 0 Å². The summed E-state index contributed by atoms with van der Waals surface area (Å²) in [6.45, 7) is 2.31. The summed E-state index contributed by atoms with van der Waals surface area (Å²) in [5.74, 6) is 0. The zero-order chi connectivity index (χ0) is 9.42. The third-order valence-electron chi connectivity index (χ3n) is 2.40. The Hall–Kier alpha value is -0.200. The van der Waals surface area contributed by atoms with Crippen molar-refractivity contribution in [1.29, 1.82) is 0 Å². The second-order valence-corrected chi connectivity index (χ2v) is 3.33. The molecule has 2 unspecified atom stereocenters. The Morgan fingerprint density at radius 3 is 2.77 bits per heavy atom. The highest BCUT2D eigenvalue weighted by molar-refractivity contribution is 4.89. The Labute approximate surface area is 76.2 Å². The van der Waals surface area contributed by atoms with Gasteiger partial charge in [0, 0.05) is 0 Å². The average molecular weight is 190 g/mol. The maximum Gasteiger partial charge on any atom is 0.184 e. The molecule has 0 spiro atoms. The molecule has 5 atom stereocenters. The van der Waals surface area contributed by atoms with Gasteiger partial charge in [0.2, 0.25) is 0 Å². The smallest absolute Gasteiger partial charge is 0.184 e. The largest absolute Gasteiger partial charge is 0.385 e. The lowest BCUT2D eigenvalue weighted by Gasteiger charge is -2.31. The van der Waals surface area contributed by atoms with Gasteiger partial charge in [-0.05, 0) is 6.42 Å². The summed E-state index contributed by atoms with van der Waals surface area (Å²) in [4.78, 5) is 0. The fourth-order valence-corrected chi connectivity index (χ4v) is 1.65. The van der Waals surface area contributed by atoms with Gasteiger partial charge in [0.15, 0.2) is 12.6 Å². The van der Waals surface area contributed by atoms with Crippen molar-refractivity contribution in [2.45, 2.75) is 44.2 Å². The molecule has 0 amide bonds. The van der Waals surface area contributed by atoms with E-state index in [2.05, 4.69) is 0 Å². The Bertz CT molecular complexity index is 185. The van der Waals surface area contributed by atoms with Crippen LogP contribution in [0.3, 0.4) is 0 Å². The highest BCUT2D eigenvalue weighted by Crippen LogP contribution is 2.28. The van der Waals surface area contributed by atoms with Crippen LogP contribution in [0.4, 0.5) is 0 Å². The van der Waals surface area contributed by atoms with Gasteiger partial charge in [-0.15, -0.1) is 0 Å². The van der Waals surface area contributed by atoms with E-state index in [0.29, 0.717) is 6.61 Å². The van der Waals surface area contributed by atoms with Crippen molar-refractivity contribution < 1.29 is 24.4 Å². The van der Waals surface area contributed by atoms with E-state index in [1.807, 2.05) is 6.92 Å². The van der Waals surface area contributed by atoms with E-state index in [-0.39, 0.29) is 12.4 Å². The zero-order valence-electron chi connectivity index (χ0n) is 7.42. The van der Waals surface area contributed by atoms with Gasteiger partial charge in [-0.1, -0.05) is 6.92 Å². The number of fused-ring (bicyclic) bond motifs is 1. The van der Waals surface area contributed by atoms with Crippen LogP contribution in [-0.2, 0) is 14.2 Å². The summed E-state index contributed by atoms with van der Waals surface area (Å²) in [6.07, 6.45) is -2.45. The lowest BCUT2D eigenvalue weighted by molar-refractivity contribution is -0.249. The maximum atomic E-state index is 9.45. The van der Waals surface area contributed by atoms with Crippen LogP contribution in [0.15, 0.2) is 0 Å². The average Bonchev–Trinajstić information content (AvgIpc) is 2.43. The van der Waals surface area contributed by atoms with Crippen LogP contribution < -0.4 is 0 Å². The van der Waals surface area contributed by atoms with Crippen LogP contribution in [-0.4, -0.2) is 47.7 Å². The van der Waals surface area contributed by atoms with Gasteiger partial charge < -0.3 is 24.4 Å². The van der Waals surface area contributed by atoms with Gasteiger partial charge in [-0.3, -0.25) is 0 Å². The van der Waals surface area contributed by atoms with Gasteiger partial charge in [-0.2, -0.15) is 0 Å². The first kappa shape index (κ1) is 9.36. The van der Waals surface area contributed by atoms with Crippen LogP contribution in [0.5, 0.6) is 0 Å². The molecule has 0 aromatic carbocycles. The molecule has 5 nitrogen and oxygen atoms in total. The molecule has 2 fully saturated rings. The summed E-state index contributed by atoms with van der Waals surface area (Å²) in [7, 11) is 0. The fourth-order valence-electron chi connectivity index (χ4n) is 1.65. The minimum absolute atomic E-state index is 0.287. The normalized spacial score (nSPS) is 50.5. The van der Waals surface area contributed by atoms with Gasteiger partial charge >= 0.3 is 0 Å². The van der Waals surface area contributed by atoms with Crippen LogP contribution in [0.25, 0.3) is 0 Å². The van der Waals surface area contributed by atoms with Crippen LogP contribution in [0, 0.1) is 0 Å². The highest BCUT2D eigenvalue weighted by atomic mass is 16.7. The third-order valence-corrected chi connectivity index (χ3v) is 2.40. The van der Waals surface area contributed by atoms with Gasteiger partial charge in [0.25, 0.3) is 0 Å². The van der Waals surface area contributed by atoms with Crippen molar-refractivity contribution in [1.82, 2.24) is 0 Å². The Morgan fingerprint density at radius 2 is 2.08 bits per heavy atom. The molecule has 0 bridgehead atoms. The first-order valence-electron chi connectivity index (χ1n) is 4.51. The Balaban J connectivity index is 2.01. The molecule has 2 rings (SSSR count). The first-order chi connectivity index (χ1) is 6.22. The molecular formula is C8H14O5. The summed E-state index contributed by atoms with van der Waals surface area (Å²) in [5, 5.41) is 18.6. The van der Waals surface area contributed by atoms with E-state index in [1.54, 1.807) is 0 Å². The molecule has 2 aliphatic rings. The topological polar surface area (TPSA) is 68.2 Å². The van der Waals surface area contributed by atoms with E-state index in [0.717, 1.165) is 6.42 Å². The van der Waals surface area contributed by atoms with Crippen molar-refractivity contribution in [2.75, 3.05) is 6.61 Å². The first-order valence-corrected chi connectivity index (χ1v) is 4.51. The lowest BCUT2D eigenvalue weighted by atomic mass is 10.1. The minimum atomic E-state index is -1.14. The molecule has 0 radical (unpaired) electrons. The van der Waals surface area contributed by atoms with Crippen molar-refractivity contribution in [2.24, 2.45) is 0 Å². The molecule has 76 valence electrons. The lowest BCUT2D eigenvalue weighted by Crippen LogP contribution is -2.45. The molecule has 0 aromatic rings. The van der Waals surface area contributed by atoms with E-state index in [4.69, 9.17) is 14.2 Å². The fraction of sp³-hybridized carbons (Fsp3) is 1.00. The van der Waals surface area contributed by atoms with Crippen molar-refractivity contribution >= 4 is 0 Å². The molecule has 2 N–H and O–H groups in total. The number of aliphatic hydroxyl groups excluding tert-OH is 2. The molecule has 0 saturated carbocycles. The molecule has 0 aliphatic carbocycles. The molecule has 13 heavy (non-hydrogen) atoms. The second-order valence-electron chi connectivity index (χ2n) is 3.33. The number of hydrogen-bond donors (Lipinski definition) is 2. The number of hydrogen-bond acceptors (Lipinski definition) is 5. The predicted octanol–water partition coefficient (Wildman–Crippen LogP) is -0.784. The van der Waals surface area contributed by atoms with Crippen molar-refractivity contribution in [3.8, 4) is 0 Å². The number of aliphatic hydroxyl groups is 2. The molecule has 2 heterocycles. The van der Waals surface area contributed by atoms with Gasteiger partial charge in [-0.25, -0.2) is 0 Å². The van der Waals surface area contributed by atoms with Gasteiger partial charge in [0.1, 0.15) is 18.3 Å². The number of rotatable bonds is 1. The molecule has 2 aliphatic heterocycles. The Kier molecular flexibility index (Phi) is 2.53. The number of ether oxygens (including phenoxy) is 3. The molecule has 2 saturated heterocycles. The van der Waals surface area contributed by atoms with Crippen LogP contribution in [0.1, 0.15) is 13.3 Å². The summed E-state index contributed by atoms with van der Waals surface area (Å²) < 4.78 is 15.7. The third kappa shape index (κ3) is 1.58. The Morgan fingerprint density at radius 1 is 1.31 bits per heavy atom. The van der Waals surface area contributed by atoms with Crippen LogP contribution in [0.2, 0.25) is 0 Å². The summed E-state index contributed by atoms with van der Waals surface area (Å²) in [5.41, 5.74) is 0. The quantitative estimate of drug-likeness (QED) is 0.567. The van der Waals surface area contributed by atoms with E-state index < -0.39 is 18.5 Å². The summed E-state index contributed by atoms with van der Waals surface area (Å²) in [6, 6.07) is 0. The minimum Gasteiger partial charge on any atom is -0.385 e. The maximum absolute atomic E-state index is 9.45. The summed E-state index contributed by atoms with van der Waals surface area (Å²) >= 11 is 0. The standard InChI is InChI=1S/C8H14O5/c1-2-5-11-3-4-7(13-5)6(9)8(10)12-4/h4-10H,2-3H2,1H3/t4-,5?,6-,7+,8?/m1/s1. The van der Waals surface area contributed by atoms with Crippen LogP contribution >= 0.6 is 0 Å². The SMILES string of the molecule is CCC1OC[C@H]2OC(O)[C@H](O)[C@H]2O1. The monoisotopic (exact) mass is 190 g/mol. The van der Waals surface area contributed by atoms with Crippen molar-refractivity contribution in [3.63, 3.8) is 0 Å². The molecular weight excluding hydrogens is 176 g/mol. The van der Waals surface area contributed by atoms with E-state index in [9.17, 15) is 10.2 Å². The molecule has 0 aromatic heterocycles. The highest BCUT2D eigenvalue weighted by Gasteiger charge is 2.47. The van der Waals surface area contributed by atoms with Gasteiger partial charge in [0.05, 0.1) is 6.61 Å². The second kappa shape index (κ2) is 3.51.